The Morgan fingerprint density at radius 1 is 1.00 bits per heavy atom. The average molecular weight is 311 g/mol. The van der Waals surface area contributed by atoms with Gasteiger partial charge in [-0.1, -0.05) is 55.0 Å². The standard InChI is InChI=1S/C21H29NO/c1-5-22(15-19-9-7-6-8-10-19)12-11-20(23)21-17(3)13-16(2)14-18(21)4/h6-10,13-14,20,23H,5,11-12,15H2,1-4H3. The molecule has 2 aromatic rings. The molecule has 1 atom stereocenters. The highest BCUT2D eigenvalue weighted by molar-refractivity contribution is 5.38. The molecule has 0 amide bonds. The lowest BCUT2D eigenvalue weighted by molar-refractivity contribution is 0.140. The smallest absolute Gasteiger partial charge is 0.0807 e. The summed E-state index contributed by atoms with van der Waals surface area (Å²) in [5, 5.41) is 10.7. The minimum atomic E-state index is -0.388. The minimum absolute atomic E-state index is 0.388. The molecule has 1 unspecified atom stereocenters. The molecular weight excluding hydrogens is 282 g/mol. The summed E-state index contributed by atoms with van der Waals surface area (Å²) in [4.78, 5) is 2.39. The molecule has 2 rings (SSSR count). The highest BCUT2D eigenvalue weighted by Crippen LogP contribution is 2.26. The predicted molar refractivity (Wildman–Crippen MR) is 97.6 cm³/mol. The summed E-state index contributed by atoms with van der Waals surface area (Å²) >= 11 is 0. The number of hydrogen-bond acceptors (Lipinski definition) is 2. The molecule has 0 aromatic heterocycles. The zero-order chi connectivity index (χ0) is 16.8. The Labute approximate surface area is 140 Å². The van der Waals surface area contributed by atoms with E-state index in [4.69, 9.17) is 0 Å². The van der Waals surface area contributed by atoms with Crippen molar-refractivity contribution in [3.8, 4) is 0 Å². The maximum Gasteiger partial charge on any atom is 0.0807 e. The van der Waals surface area contributed by atoms with E-state index in [1.165, 1.54) is 22.3 Å². The molecule has 2 nitrogen and oxygen atoms in total. The summed E-state index contributed by atoms with van der Waals surface area (Å²) in [6.45, 7) is 11.3. The van der Waals surface area contributed by atoms with Crippen LogP contribution in [0.2, 0.25) is 0 Å². The number of nitrogens with zero attached hydrogens (tertiary/aromatic N) is 1. The molecule has 0 aliphatic rings. The number of benzene rings is 2. The number of hydrogen-bond donors (Lipinski definition) is 1. The van der Waals surface area contributed by atoms with Gasteiger partial charge in [0.1, 0.15) is 0 Å². The SMILES string of the molecule is CCN(CCC(O)c1c(C)cc(C)cc1C)Cc1ccccc1. The van der Waals surface area contributed by atoms with E-state index in [0.29, 0.717) is 0 Å². The molecule has 0 saturated heterocycles. The van der Waals surface area contributed by atoms with Crippen molar-refractivity contribution in [2.75, 3.05) is 13.1 Å². The Morgan fingerprint density at radius 3 is 2.17 bits per heavy atom. The third kappa shape index (κ3) is 4.92. The van der Waals surface area contributed by atoms with Gasteiger partial charge in [-0.25, -0.2) is 0 Å². The highest BCUT2D eigenvalue weighted by Gasteiger charge is 2.15. The Bertz CT molecular complexity index is 598. The van der Waals surface area contributed by atoms with Gasteiger partial charge in [-0.3, -0.25) is 4.90 Å². The molecule has 23 heavy (non-hydrogen) atoms. The van der Waals surface area contributed by atoms with E-state index in [1.54, 1.807) is 0 Å². The van der Waals surface area contributed by atoms with Crippen molar-refractivity contribution in [1.29, 1.82) is 0 Å². The van der Waals surface area contributed by atoms with Crippen LogP contribution in [0.5, 0.6) is 0 Å². The van der Waals surface area contributed by atoms with E-state index in [0.717, 1.165) is 31.6 Å². The largest absolute Gasteiger partial charge is 0.388 e. The second kappa shape index (κ2) is 8.28. The van der Waals surface area contributed by atoms with Crippen molar-refractivity contribution in [3.05, 3.63) is 70.3 Å². The number of rotatable bonds is 7. The fourth-order valence-electron chi connectivity index (χ4n) is 3.36. The molecule has 1 N–H and O–H groups in total. The lowest BCUT2D eigenvalue weighted by Gasteiger charge is -2.24. The quantitative estimate of drug-likeness (QED) is 0.810. The summed E-state index contributed by atoms with van der Waals surface area (Å²) < 4.78 is 0. The average Bonchev–Trinajstić information content (AvgIpc) is 2.51. The maximum absolute atomic E-state index is 10.7. The second-order valence-electron chi connectivity index (χ2n) is 6.47. The fourth-order valence-corrected chi connectivity index (χ4v) is 3.36. The van der Waals surface area contributed by atoms with Gasteiger partial charge in [0.25, 0.3) is 0 Å². The Balaban J connectivity index is 1.98. The van der Waals surface area contributed by atoms with Gasteiger partial charge in [0.2, 0.25) is 0 Å². The molecular formula is C21H29NO. The molecule has 0 heterocycles. The van der Waals surface area contributed by atoms with Gasteiger partial charge in [0.05, 0.1) is 6.10 Å². The van der Waals surface area contributed by atoms with E-state index in [9.17, 15) is 5.11 Å². The molecule has 2 aromatic carbocycles. The van der Waals surface area contributed by atoms with Gasteiger partial charge in [-0.2, -0.15) is 0 Å². The van der Waals surface area contributed by atoms with E-state index < -0.39 is 0 Å². The summed E-state index contributed by atoms with van der Waals surface area (Å²) in [5.74, 6) is 0. The first-order chi connectivity index (χ1) is 11.0. The van der Waals surface area contributed by atoms with E-state index in [2.05, 4.69) is 69.0 Å². The van der Waals surface area contributed by atoms with Crippen LogP contribution in [0.1, 0.15) is 47.3 Å². The lowest BCUT2D eigenvalue weighted by Crippen LogP contribution is -2.25. The molecule has 0 fully saturated rings. The Hall–Kier alpha value is -1.64. The second-order valence-corrected chi connectivity index (χ2v) is 6.47. The third-order valence-corrected chi connectivity index (χ3v) is 4.49. The first-order valence-corrected chi connectivity index (χ1v) is 8.53. The third-order valence-electron chi connectivity index (χ3n) is 4.49. The zero-order valence-corrected chi connectivity index (χ0v) is 14.8. The van der Waals surface area contributed by atoms with Crippen molar-refractivity contribution >= 4 is 0 Å². The molecule has 0 saturated carbocycles. The molecule has 0 aliphatic carbocycles. The van der Waals surface area contributed by atoms with E-state index in [1.807, 2.05) is 6.07 Å². The highest BCUT2D eigenvalue weighted by atomic mass is 16.3. The van der Waals surface area contributed by atoms with Crippen LogP contribution in [0, 0.1) is 20.8 Å². The predicted octanol–water partition coefficient (Wildman–Crippen LogP) is 4.56. The Morgan fingerprint density at radius 2 is 1.61 bits per heavy atom. The van der Waals surface area contributed by atoms with Gasteiger partial charge in [0.15, 0.2) is 0 Å². The van der Waals surface area contributed by atoms with Crippen molar-refractivity contribution in [1.82, 2.24) is 4.90 Å². The summed E-state index contributed by atoms with van der Waals surface area (Å²) in [6.07, 6.45) is 0.381. The van der Waals surface area contributed by atoms with E-state index >= 15 is 0 Å². The molecule has 124 valence electrons. The summed E-state index contributed by atoms with van der Waals surface area (Å²) in [7, 11) is 0. The Kier molecular flexibility index (Phi) is 6.37. The molecule has 2 heteroatoms. The van der Waals surface area contributed by atoms with Crippen LogP contribution in [-0.2, 0) is 6.54 Å². The van der Waals surface area contributed by atoms with Crippen LogP contribution >= 0.6 is 0 Å². The molecule has 0 bridgehead atoms. The first kappa shape index (κ1) is 17.7. The van der Waals surface area contributed by atoms with Crippen molar-refractivity contribution in [2.45, 2.75) is 46.8 Å². The number of aliphatic hydroxyl groups excluding tert-OH is 1. The van der Waals surface area contributed by atoms with Gasteiger partial charge in [0, 0.05) is 13.1 Å². The van der Waals surface area contributed by atoms with Crippen molar-refractivity contribution in [2.24, 2.45) is 0 Å². The van der Waals surface area contributed by atoms with Gasteiger partial charge in [-0.05, 0) is 56.0 Å². The van der Waals surface area contributed by atoms with Crippen LogP contribution < -0.4 is 0 Å². The summed E-state index contributed by atoms with van der Waals surface area (Å²) in [6, 6.07) is 14.8. The zero-order valence-electron chi connectivity index (χ0n) is 14.8. The van der Waals surface area contributed by atoms with Crippen molar-refractivity contribution in [3.63, 3.8) is 0 Å². The van der Waals surface area contributed by atoms with Gasteiger partial charge < -0.3 is 5.11 Å². The van der Waals surface area contributed by atoms with Gasteiger partial charge >= 0.3 is 0 Å². The van der Waals surface area contributed by atoms with Crippen LogP contribution in [0.25, 0.3) is 0 Å². The van der Waals surface area contributed by atoms with E-state index in [-0.39, 0.29) is 6.10 Å². The van der Waals surface area contributed by atoms with Crippen LogP contribution in [0.15, 0.2) is 42.5 Å². The first-order valence-electron chi connectivity index (χ1n) is 8.53. The summed E-state index contributed by atoms with van der Waals surface area (Å²) in [5.41, 5.74) is 6.08. The normalized spacial score (nSPS) is 12.6. The molecule has 0 aliphatic heterocycles. The molecule has 0 radical (unpaired) electrons. The fraction of sp³-hybridized carbons (Fsp3) is 0.429. The minimum Gasteiger partial charge on any atom is -0.388 e. The topological polar surface area (TPSA) is 23.5 Å². The lowest BCUT2D eigenvalue weighted by atomic mass is 9.94. The maximum atomic E-state index is 10.7. The number of aliphatic hydroxyl groups is 1. The van der Waals surface area contributed by atoms with Crippen LogP contribution in [0.3, 0.4) is 0 Å². The van der Waals surface area contributed by atoms with Crippen LogP contribution in [-0.4, -0.2) is 23.1 Å². The monoisotopic (exact) mass is 311 g/mol. The van der Waals surface area contributed by atoms with Gasteiger partial charge in [-0.15, -0.1) is 0 Å². The van der Waals surface area contributed by atoms with Crippen molar-refractivity contribution < 1.29 is 5.11 Å². The number of aryl methyl sites for hydroxylation is 3. The van der Waals surface area contributed by atoms with Crippen LogP contribution in [0.4, 0.5) is 0 Å². The molecule has 0 spiro atoms.